The summed E-state index contributed by atoms with van der Waals surface area (Å²) in [7, 11) is 0. The Morgan fingerprint density at radius 1 is 1.17 bits per heavy atom. The van der Waals surface area contributed by atoms with Gasteiger partial charge in [0.2, 0.25) is 11.1 Å². The van der Waals surface area contributed by atoms with Gasteiger partial charge in [0.25, 0.3) is 0 Å². The second kappa shape index (κ2) is 7.34. The summed E-state index contributed by atoms with van der Waals surface area (Å²) in [5, 5.41) is 12.6. The van der Waals surface area contributed by atoms with Crippen LogP contribution in [0.25, 0.3) is 5.69 Å². The standard InChI is InChI=1S/C17H23N5OS/c1-12-8-7-9-13(2)15(12)22-17(18-19-20-22)24-14(3)16(23)21-10-5-4-6-11-21/h7-9,14H,4-6,10-11H2,1-3H3. The lowest BCUT2D eigenvalue weighted by atomic mass is 10.1. The molecule has 1 aromatic heterocycles. The molecule has 0 spiro atoms. The van der Waals surface area contributed by atoms with Crippen LogP contribution < -0.4 is 0 Å². The number of hydrogen-bond donors (Lipinski definition) is 0. The van der Waals surface area contributed by atoms with Crippen LogP contribution in [0.4, 0.5) is 0 Å². The number of likely N-dealkylation sites (tertiary alicyclic amines) is 1. The number of nitrogens with zero attached hydrogens (tertiary/aromatic N) is 5. The van der Waals surface area contributed by atoms with E-state index < -0.39 is 0 Å². The normalized spacial score (nSPS) is 16.2. The highest BCUT2D eigenvalue weighted by atomic mass is 32.2. The molecule has 2 aromatic rings. The van der Waals surface area contributed by atoms with Crippen molar-refractivity contribution in [1.29, 1.82) is 0 Å². The zero-order valence-corrected chi connectivity index (χ0v) is 15.2. The molecule has 1 saturated heterocycles. The van der Waals surface area contributed by atoms with Crippen LogP contribution in [0.2, 0.25) is 0 Å². The molecule has 1 atom stereocenters. The van der Waals surface area contributed by atoms with Gasteiger partial charge < -0.3 is 4.90 Å². The van der Waals surface area contributed by atoms with E-state index in [0.29, 0.717) is 5.16 Å². The Bertz CT molecular complexity index is 703. The van der Waals surface area contributed by atoms with Crippen LogP contribution in [0.15, 0.2) is 23.4 Å². The molecule has 0 N–H and O–H groups in total. The molecule has 1 aromatic carbocycles. The minimum atomic E-state index is -0.197. The maximum Gasteiger partial charge on any atom is 0.235 e. The van der Waals surface area contributed by atoms with Gasteiger partial charge >= 0.3 is 0 Å². The molecule has 0 aliphatic carbocycles. The fourth-order valence-electron chi connectivity index (χ4n) is 3.11. The monoisotopic (exact) mass is 345 g/mol. The molecule has 1 amide bonds. The smallest absolute Gasteiger partial charge is 0.235 e. The van der Waals surface area contributed by atoms with Gasteiger partial charge in [-0.25, -0.2) is 0 Å². The molecule has 7 heteroatoms. The Hall–Kier alpha value is -1.89. The second-order valence-electron chi connectivity index (χ2n) is 6.26. The number of para-hydroxylation sites is 1. The van der Waals surface area contributed by atoms with Crippen molar-refractivity contribution in [2.45, 2.75) is 50.4 Å². The molecule has 1 aliphatic heterocycles. The summed E-state index contributed by atoms with van der Waals surface area (Å²) in [5.74, 6) is 0.177. The molecular weight excluding hydrogens is 322 g/mol. The SMILES string of the molecule is Cc1cccc(C)c1-n1nnnc1SC(C)C(=O)N1CCCCC1. The molecular formula is C17H23N5OS. The lowest BCUT2D eigenvalue weighted by Gasteiger charge is -2.28. The quantitative estimate of drug-likeness (QED) is 0.797. The highest BCUT2D eigenvalue weighted by Gasteiger charge is 2.25. The molecule has 6 nitrogen and oxygen atoms in total. The molecule has 3 rings (SSSR count). The third kappa shape index (κ3) is 3.45. The zero-order valence-electron chi connectivity index (χ0n) is 14.4. The third-order valence-corrected chi connectivity index (χ3v) is 5.41. The first kappa shape index (κ1) is 17.0. The minimum absolute atomic E-state index is 0.177. The van der Waals surface area contributed by atoms with E-state index in [9.17, 15) is 4.79 Å². The first-order chi connectivity index (χ1) is 11.6. The van der Waals surface area contributed by atoms with E-state index in [2.05, 4.69) is 15.5 Å². The number of piperidine rings is 1. The molecule has 0 saturated carbocycles. The van der Waals surface area contributed by atoms with Crippen LogP contribution in [0.5, 0.6) is 0 Å². The molecule has 1 fully saturated rings. The zero-order chi connectivity index (χ0) is 17.1. The number of aromatic nitrogens is 4. The second-order valence-corrected chi connectivity index (χ2v) is 7.57. The molecule has 24 heavy (non-hydrogen) atoms. The number of hydrogen-bond acceptors (Lipinski definition) is 5. The first-order valence-electron chi connectivity index (χ1n) is 8.38. The number of rotatable bonds is 4. The van der Waals surface area contributed by atoms with Gasteiger partial charge in [-0.2, -0.15) is 4.68 Å². The van der Waals surface area contributed by atoms with Gasteiger partial charge in [-0.3, -0.25) is 4.79 Å². The number of tetrazole rings is 1. The lowest BCUT2D eigenvalue weighted by molar-refractivity contribution is -0.131. The maximum atomic E-state index is 12.6. The fraction of sp³-hybridized carbons (Fsp3) is 0.529. The van der Waals surface area contributed by atoms with E-state index in [1.807, 2.05) is 43.9 Å². The average molecular weight is 345 g/mol. The van der Waals surface area contributed by atoms with Crippen molar-refractivity contribution in [3.8, 4) is 5.69 Å². The lowest BCUT2D eigenvalue weighted by Crippen LogP contribution is -2.40. The first-order valence-corrected chi connectivity index (χ1v) is 9.26. The molecule has 1 unspecified atom stereocenters. The van der Waals surface area contributed by atoms with Gasteiger partial charge in [0.1, 0.15) is 0 Å². The highest BCUT2D eigenvalue weighted by molar-refractivity contribution is 8.00. The van der Waals surface area contributed by atoms with E-state index in [-0.39, 0.29) is 11.2 Å². The van der Waals surface area contributed by atoms with E-state index in [0.717, 1.165) is 42.7 Å². The summed E-state index contributed by atoms with van der Waals surface area (Å²) < 4.78 is 1.75. The predicted octanol–water partition coefficient (Wildman–Crippen LogP) is 2.77. The van der Waals surface area contributed by atoms with Gasteiger partial charge in [0, 0.05) is 13.1 Å². The Morgan fingerprint density at radius 2 is 1.83 bits per heavy atom. The minimum Gasteiger partial charge on any atom is -0.342 e. The Kier molecular flexibility index (Phi) is 5.18. The van der Waals surface area contributed by atoms with Gasteiger partial charge in [-0.05, 0) is 61.6 Å². The van der Waals surface area contributed by atoms with E-state index >= 15 is 0 Å². The number of carbonyl (C=O) groups excluding carboxylic acids is 1. The Labute approximate surface area is 146 Å². The van der Waals surface area contributed by atoms with Crippen LogP contribution in [0.1, 0.15) is 37.3 Å². The van der Waals surface area contributed by atoms with Crippen LogP contribution in [0, 0.1) is 13.8 Å². The van der Waals surface area contributed by atoms with Crippen molar-refractivity contribution in [3.05, 3.63) is 29.3 Å². The van der Waals surface area contributed by atoms with Crippen LogP contribution >= 0.6 is 11.8 Å². The van der Waals surface area contributed by atoms with Crippen molar-refractivity contribution in [3.63, 3.8) is 0 Å². The molecule has 128 valence electrons. The van der Waals surface area contributed by atoms with E-state index in [1.54, 1.807) is 4.68 Å². The predicted molar refractivity (Wildman–Crippen MR) is 94.4 cm³/mol. The number of thioether (sulfide) groups is 1. The van der Waals surface area contributed by atoms with E-state index in [4.69, 9.17) is 0 Å². The largest absolute Gasteiger partial charge is 0.342 e. The summed E-state index contributed by atoms with van der Waals surface area (Å²) in [6.07, 6.45) is 3.42. The summed E-state index contributed by atoms with van der Waals surface area (Å²) in [5.41, 5.74) is 3.21. The average Bonchev–Trinajstić information content (AvgIpc) is 3.02. The third-order valence-electron chi connectivity index (χ3n) is 4.39. The number of carbonyl (C=O) groups is 1. The van der Waals surface area contributed by atoms with Crippen molar-refractivity contribution in [1.82, 2.24) is 25.1 Å². The Morgan fingerprint density at radius 3 is 2.50 bits per heavy atom. The van der Waals surface area contributed by atoms with E-state index in [1.165, 1.54) is 18.2 Å². The topological polar surface area (TPSA) is 63.9 Å². The molecule has 0 radical (unpaired) electrons. The van der Waals surface area contributed by atoms with Gasteiger partial charge in [-0.1, -0.05) is 30.0 Å². The van der Waals surface area contributed by atoms with Crippen molar-refractivity contribution >= 4 is 17.7 Å². The number of benzene rings is 1. The summed E-state index contributed by atoms with van der Waals surface area (Å²) >= 11 is 1.43. The van der Waals surface area contributed by atoms with Gasteiger partial charge in [0.15, 0.2) is 0 Å². The van der Waals surface area contributed by atoms with Crippen molar-refractivity contribution in [2.24, 2.45) is 0 Å². The number of aryl methyl sites for hydroxylation is 2. The van der Waals surface area contributed by atoms with Crippen LogP contribution in [0.3, 0.4) is 0 Å². The highest BCUT2D eigenvalue weighted by Crippen LogP contribution is 2.27. The Balaban J connectivity index is 1.79. The molecule has 1 aliphatic rings. The summed E-state index contributed by atoms with van der Waals surface area (Å²) in [6, 6.07) is 6.11. The number of amides is 1. The summed E-state index contributed by atoms with van der Waals surface area (Å²) in [4.78, 5) is 14.6. The van der Waals surface area contributed by atoms with Crippen molar-refractivity contribution < 1.29 is 4.79 Å². The van der Waals surface area contributed by atoms with Crippen LogP contribution in [-0.4, -0.2) is 49.4 Å². The van der Waals surface area contributed by atoms with Gasteiger partial charge in [0.05, 0.1) is 10.9 Å². The van der Waals surface area contributed by atoms with Crippen LogP contribution in [-0.2, 0) is 4.79 Å². The maximum absolute atomic E-state index is 12.6. The van der Waals surface area contributed by atoms with Crippen molar-refractivity contribution in [2.75, 3.05) is 13.1 Å². The summed E-state index contributed by atoms with van der Waals surface area (Å²) in [6.45, 7) is 7.75. The fourth-order valence-corrected chi connectivity index (χ4v) is 3.99. The molecule has 2 heterocycles. The van der Waals surface area contributed by atoms with Gasteiger partial charge in [-0.15, -0.1) is 5.10 Å². The molecule has 0 bridgehead atoms.